The van der Waals surface area contributed by atoms with Gasteiger partial charge < -0.3 is 10.2 Å². The molecule has 1 aromatic rings. The largest absolute Gasteiger partial charge is 0.371 e. The molecule has 2 nitrogen and oxygen atoms in total. The summed E-state index contributed by atoms with van der Waals surface area (Å²) >= 11 is 0. The van der Waals surface area contributed by atoms with Crippen molar-refractivity contribution in [1.29, 1.82) is 0 Å². The highest BCUT2D eigenvalue weighted by molar-refractivity contribution is 5.46. The van der Waals surface area contributed by atoms with Crippen molar-refractivity contribution in [3.63, 3.8) is 0 Å². The molecular formula is C15H26N2. The maximum absolute atomic E-state index is 3.36. The van der Waals surface area contributed by atoms with E-state index in [4.69, 9.17) is 0 Å². The number of nitrogens with zero attached hydrogens (tertiary/aromatic N) is 1. The number of hydrogen-bond donors (Lipinski definition) is 1. The third-order valence-electron chi connectivity index (χ3n) is 3.71. The molecule has 96 valence electrons. The van der Waals surface area contributed by atoms with Gasteiger partial charge >= 0.3 is 0 Å². The molecule has 0 spiro atoms. The number of anilines is 1. The van der Waals surface area contributed by atoms with E-state index in [1.165, 1.54) is 5.69 Å². The molecule has 1 unspecified atom stereocenters. The van der Waals surface area contributed by atoms with Gasteiger partial charge in [-0.2, -0.15) is 0 Å². The van der Waals surface area contributed by atoms with E-state index >= 15 is 0 Å². The molecule has 1 N–H and O–H groups in total. The lowest BCUT2D eigenvalue weighted by Gasteiger charge is -2.37. The number of benzene rings is 1. The third-order valence-corrected chi connectivity index (χ3v) is 3.71. The van der Waals surface area contributed by atoms with Crippen molar-refractivity contribution < 1.29 is 0 Å². The molecule has 1 atom stereocenters. The first-order valence-corrected chi connectivity index (χ1v) is 6.48. The monoisotopic (exact) mass is 234 g/mol. The molecule has 1 rings (SSSR count). The summed E-state index contributed by atoms with van der Waals surface area (Å²) < 4.78 is 0. The summed E-state index contributed by atoms with van der Waals surface area (Å²) in [7, 11) is 2.03. The fourth-order valence-corrected chi connectivity index (χ4v) is 2.04. The molecule has 2 heteroatoms. The van der Waals surface area contributed by atoms with Gasteiger partial charge in [-0.15, -0.1) is 0 Å². The first-order valence-electron chi connectivity index (χ1n) is 6.48. The zero-order valence-electron chi connectivity index (χ0n) is 11.8. The van der Waals surface area contributed by atoms with Crippen molar-refractivity contribution in [2.24, 2.45) is 5.41 Å². The highest BCUT2D eigenvalue weighted by Gasteiger charge is 2.27. The van der Waals surface area contributed by atoms with Crippen molar-refractivity contribution in [2.45, 2.75) is 33.7 Å². The summed E-state index contributed by atoms with van der Waals surface area (Å²) in [6, 6.07) is 11.1. The van der Waals surface area contributed by atoms with Crippen LogP contribution in [0.25, 0.3) is 0 Å². The van der Waals surface area contributed by atoms with Crippen molar-refractivity contribution in [1.82, 2.24) is 5.32 Å². The van der Waals surface area contributed by atoms with E-state index in [1.54, 1.807) is 0 Å². The molecule has 0 aliphatic carbocycles. The van der Waals surface area contributed by atoms with E-state index in [1.807, 2.05) is 7.05 Å². The van der Waals surface area contributed by atoms with E-state index in [2.05, 4.69) is 68.2 Å². The van der Waals surface area contributed by atoms with Gasteiger partial charge in [-0.05, 0) is 38.4 Å². The van der Waals surface area contributed by atoms with Gasteiger partial charge in [0.15, 0.2) is 0 Å². The summed E-state index contributed by atoms with van der Waals surface area (Å²) in [5, 5.41) is 3.36. The van der Waals surface area contributed by atoms with Crippen molar-refractivity contribution in [3.8, 4) is 0 Å². The lowest BCUT2D eigenvalue weighted by atomic mass is 9.84. The molecule has 0 aliphatic rings. The fraction of sp³-hybridized carbons (Fsp3) is 0.600. The van der Waals surface area contributed by atoms with Crippen LogP contribution in [0.5, 0.6) is 0 Å². The lowest BCUT2D eigenvalue weighted by Crippen LogP contribution is -2.45. The number of hydrogen-bond acceptors (Lipinski definition) is 2. The van der Waals surface area contributed by atoms with Crippen LogP contribution in [0.4, 0.5) is 5.69 Å². The van der Waals surface area contributed by atoms with E-state index in [0.29, 0.717) is 6.04 Å². The molecule has 1 aromatic carbocycles. The summed E-state index contributed by atoms with van der Waals surface area (Å²) in [5.74, 6) is 0. The molecule has 0 amide bonds. The molecule has 17 heavy (non-hydrogen) atoms. The van der Waals surface area contributed by atoms with Crippen molar-refractivity contribution in [3.05, 3.63) is 30.3 Å². The molecule has 0 aliphatic heterocycles. The van der Waals surface area contributed by atoms with Gasteiger partial charge in [0, 0.05) is 24.8 Å². The van der Waals surface area contributed by atoms with Gasteiger partial charge in [-0.1, -0.05) is 32.0 Å². The fourth-order valence-electron chi connectivity index (χ4n) is 2.04. The van der Waals surface area contributed by atoms with Crippen molar-refractivity contribution in [2.75, 3.05) is 25.0 Å². The summed E-state index contributed by atoms with van der Waals surface area (Å²) in [6.07, 6.45) is 0. The Morgan fingerprint density at radius 1 is 1.24 bits per heavy atom. The Labute approximate surface area is 106 Å². The zero-order valence-corrected chi connectivity index (χ0v) is 11.8. The average Bonchev–Trinajstić information content (AvgIpc) is 2.36. The molecule has 0 saturated carbocycles. The van der Waals surface area contributed by atoms with Crippen LogP contribution in [-0.2, 0) is 0 Å². The maximum Gasteiger partial charge on any atom is 0.0366 e. The SMILES string of the molecule is CCN(CC(C)(C)C(C)NC)c1ccccc1. The minimum atomic E-state index is 0.251. The molecule has 0 bridgehead atoms. The highest BCUT2D eigenvalue weighted by atomic mass is 15.1. The quantitative estimate of drug-likeness (QED) is 0.813. The molecule has 0 radical (unpaired) electrons. The maximum atomic E-state index is 3.36. The second-order valence-electron chi connectivity index (χ2n) is 5.35. The Balaban J connectivity index is 2.77. The van der Waals surface area contributed by atoms with Crippen LogP contribution in [-0.4, -0.2) is 26.2 Å². The molecule has 0 heterocycles. The van der Waals surface area contributed by atoms with Gasteiger partial charge in [-0.3, -0.25) is 0 Å². The minimum absolute atomic E-state index is 0.251. The molecule has 0 fully saturated rings. The Kier molecular flexibility index (Phi) is 5.01. The van der Waals surface area contributed by atoms with Crippen LogP contribution in [0.2, 0.25) is 0 Å². The van der Waals surface area contributed by atoms with Crippen LogP contribution in [0, 0.1) is 5.41 Å². The Morgan fingerprint density at radius 3 is 2.29 bits per heavy atom. The van der Waals surface area contributed by atoms with Crippen LogP contribution in [0.1, 0.15) is 27.7 Å². The summed E-state index contributed by atoms with van der Waals surface area (Å²) in [5.41, 5.74) is 1.56. The van der Waals surface area contributed by atoms with Crippen LogP contribution in [0.3, 0.4) is 0 Å². The third kappa shape index (κ3) is 3.74. The van der Waals surface area contributed by atoms with E-state index in [-0.39, 0.29) is 5.41 Å². The van der Waals surface area contributed by atoms with Gasteiger partial charge in [-0.25, -0.2) is 0 Å². The van der Waals surface area contributed by atoms with E-state index in [9.17, 15) is 0 Å². The number of rotatable bonds is 6. The average molecular weight is 234 g/mol. The second kappa shape index (κ2) is 6.06. The van der Waals surface area contributed by atoms with Crippen LogP contribution < -0.4 is 10.2 Å². The van der Waals surface area contributed by atoms with Gasteiger partial charge in [0.1, 0.15) is 0 Å². The van der Waals surface area contributed by atoms with Crippen molar-refractivity contribution >= 4 is 5.69 Å². The Hall–Kier alpha value is -1.02. The van der Waals surface area contributed by atoms with Crippen LogP contribution >= 0.6 is 0 Å². The summed E-state index contributed by atoms with van der Waals surface area (Å²) in [6.45, 7) is 11.2. The number of para-hydroxylation sites is 1. The predicted molar refractivity (Wildman–Crippen MR) is 76.6 cm³/mol. The first kappa shape index (κ1) is 14.0. The van der Waals surface area contributed by atoms with E-state index < -0.39 is 0 Å². The molecule has 0 aromatic heterocycles. The lowest BCUT2D eigenvalue weighted by molar-refractivity contribution is 0.272. The zero-order chi connectivity index (χ0) is 12.9. The van der Waals surface area contributed by atoms with Crippen LogP contribution in [0.15, 0.2) is 30.3 Å². The normalized spacial score (nSPS) is 13.5. The molecule has 0 saturated heterocycles. The summed E-state index contributed by atoms with van der Waals surface area (Å²) in [4.78, 5) is 2.44. The van der Waals surface area contributed by atoms with Gasteiger partial charge in [0.25, 0.3) is 0 Å². The minimum Gasteiger partial charge on any atom is -0.371 e. The van der Waals surface area contributed by atoms with E-state index in [0.717, 1.165) is 13.1 Å². The molecular weight excluding hydrogens is 208 g/mol. The van der Waals surface area contributed by atoms with Gasteiger partial charge in [0.05, 0.1) is 0 Å². The Morgan fingerprint density at radius 2 is 1.82 bits per heavy atom. The smallest absolute Gasteiger partial charge is 0.0366 e. The second-order valence-corrected chi connectivity index (χ2v) is 5.35. The standard InChI is InChI=1S/C15H26N2/c1-6-17(14-10-8-7-9-11-14)12-15(3,4)13(2)16-5/h7-11,13,16H,6,12H2,1-5H3. The number of nitrogens with one attached hydrogen (secondary N) is 1. The first-order chi connectivity index (χ1) is 8.01. The highest BCUT2D eigenvalue weighted by Crippen LogP contribution is 2.25. The topological polar surface area (TPSA) is 15.3 Å². The van der Waals surface area contributed by atoms with Gasteiger partial charge in [0.2, 0.25) is 0 Å². The predicted octanol–water partition coefficient (Wildman–Crippen LogP) is 3.15. The Bertz CT molecular complexity index is 319.